The lowest BCUT2D eigenvalue weighted by atomic mass is 10.0. The van der Waals surface area contributed by atoms with Crippen LogP contribution in [0.15, 0.2) is 66.3 Å². The molecule has 4 aromatic rings. The molecule has 0 bridgehead atoms. The third kappa shape index (κ3) is 4.52. The molecule has 4 nitrogen and oxygen atoms in total. The number of aryl methyl sites for hydroxylation is 3. The smallest absolute Gasteiger partial charge is 0.183 e. The Kier molecular flexibility index (Phi) is 5.81. The van der Waals surface area contributed by atoms with Gasteiger partial charge in [-0.2, -0.15) is 0 Å². The molecule has 152 valence electrons. The summed E-state index contributed by atoms with van der Waals surface area (Å²) in [6.07, 6.45) is 3.63. The number of hydrogen-bond acceptors (Lipinski definition) is 5. The van der Waals surface area contributed by atoms with Gasteiger partial charge in [-0.1, -0.05) is 17.7 Å². The summed E-state index contributed by atoms with van der Waals surface area (Å²) in [7, 11) is 0. The van der Waals surface area contributed by atoms with Crippen molar-refractivity contribution in [2.75, 3.05) is 5.32 Å². The molecule has 1 unspecified atom stereocenters. The van der Waals surface area contributed by atoms with Gasteiger partial charge in [0.15, 0.2) is 5.13 Å². The van der Waals surface area contributed by atoms with Gasteiger partial charge in [-0.25, -0.2) is 4.98 Å². The molecule has 2 heterocycles. The lowest BCUT2D eigenvalue weighted by Crippen LogP contribution is -2.06. The molecule has 2 aromatic carbocycles. The highest BCUT2D eigenvalue weighted by Crippen LogP contribution is 2.35. The minimum Gasteiger partial charge on any atom is -0.457 e. The fourth-order valence-electron chi connectivity index (χ4n) is 3.50. The molecule has 0 aliphatic heterocycles. The number of benzene rings is 2. The topological polar surface area (TPSA) is 47.0 Å². The van der Waals surface area contributed by atoms with E-state index in [1.165, 1.54) is 11.1 Å². The fraction of sp³-hybridized carbons (Fsp3) is 0.200. The molecular weight excluding hydrogens is 390 g/mol. The molecule has 1 atom stereocenters. The first-order valence-electron chi connectivity index (χ1n) is 9.98. The second-order valence-corrected chi connectivity index (χ2v) is 8.39. The van der Waals surface area contributed by atoms with Crippen LogP contribution in [0.5, 0.6) is 11.5 Å². The molecule has 0 aliphatic carbocycles. The lowest BCUT2D eigenvalue weighted by molar-refractivity contribution is 0.482. The Bertz CT molecular complexity index is 1110. The quantitative estimate of drug-likeness (QED) is 0.365. The van der Waals surface area contributed by atoms with Gasteiger partial charge in [0.05, 0.1) is 11.7 Å². The Balaban J connectivity index is 1.53. The summed E-state index contributed by atoms with van der Waals surface area (Å²) in [6, 6.07) is 16.5. The van der Waals surface area contributed by atoms with Crippen LogP contribution >= 0.6 is 11.3 Å². The Morgan fingerprint density at radius 2 is 1.57 bits per heavy atom. The van der Waals surface area contributed by atoms with Crippen molar-refractivity contribution in [3.8, 4) is 22.8 Å². The van der Waals surface area contributed by atoms with E-state index in [4.69, 9.17) is 9.72 Å². The van der Waals surface area contributed by atoms with Crippen LogP contribution in [0.25, 0.3) is 11.3 Å². The summed E-state index contributed by atoms with van der Waals surface area (Å²) in [6.45, 7) is 8.42. The maximum atomic E-state index is 6.06. The van der Waals surface area contributed by atoms with Gasteiger partial charge in [0, 0.05) is 23.3 Å². The van der Waals surface area contributed by atoms with E-state index in [1.54, 1.807) is 11.3 Å². The molecular formula is C25H25N3OS. The molecule has 0 saturated carbocycles. The van der Waals surface area contributed by atoms with Crippen LogP contribution in [0.3, 0.4) is 0 Å². The lowest BCUT2D eigenvalue weighted by Gasteiger charge is -2.13. The van der Waals surface area contributed by atoms with Crippen molar-refractivity contribution in [2.24, 2.45) is 0 Å². The molecule has 4 rings (SSSR count). The summed E-state index contributed by atoms with van der Waals surface area (Å²) in [5, 5.41) is 6.51. The van der Waals surface area contributed by atoms with E-state index in [2.05, 4.69) is 67.6 Å². The molecule has 30 heavy (non-hydrogen) atoms. The van der Waals surface area contributed by atoms with Crippen molar-refractivity contribution in [1.82, 2.24) is 9.97 Å². The summed E-state index contributed by atoms with van der Waals surface area (Å²) in [4.78, 5) is 8.93. The molecule has 0 aliphatic rings. The van der Waals surface area contributed by atoms with Crippen LogP contribution < -0.4 is 10.1 Å². The molecule has 1 N–H and O–H groups in total. The third-order valence-corrected chi connectivity index (χ3v) is 5.84. The van der Waals surface area contributed by atoms with Crippen molar-refractivity contribution in [1.29, 1.82) is 0 Å². The zero-order valence-electron chi connectivity index (χ0n) is 17.6. The molecule has 0 radical (unpaired) electrons. The van der Waals surface area contributed by atoms with Crippen LogP contribution in [-0.2, 0) is 0 Å². The monoisotopic (exact) mass is 415 g/mol. The zero-order valence-corrected chi connectivity index (χ0v) is 18.5. The summed E-state index contributed by atoms with van der Waals surface area (Å²) >= 11 is 1.62. The largest absolute Gasteiger partial charge is 0.457 e. The van der Waals surface area contributed by atoms with E-state index in [1.807, 2.05) is 36.7 Å². The van der Waals surface area contributed by atoms with Gasteiger partial charge in [-0.15, -0.1) is 11.3 Å². The first-order valence-corrected chi connectivity index (χ1v) is 10.9. The standard InChI is InChI=1S/C25H25N3OS/c1-16-5-7-21(8-6-16)29-22-13-17(2)24(18(3)14-22)23-15-30-25(28-23)27-19(4)20-9-11-26-12-10-20/h5-15,19H,1-4H3,(H,27,28). The van der Waals surface area contributed by atoms with Gasteiger partial charge in [0.1, 0.15) is 11.5 Å². The number of thiazole rings is 1. The van der Waals surface area contributed by atoms with Crippen LogP contribution in [0, 0.1) is 20.8 Å². The van der Waals surface area contributed by atoms with Gasteiger partial charge in [0.25, 0.3) is 0 Å². The highest BCUT2D eigenvalue weighted by molar-refractivity contribution is 7.14. The van der Waals surface area contributed by atoms with E-state index >= 15 is 0 Å². The van der Waals surface area contributed by atoms with Crippen molar-refractivity contribution >= 4 is 16.5 Å². The minimum atomic E-state index is 0.166. The first kappa shape index (κ1) is 20.1. The first-order chi connectivity index (χ1) is 14.5. The van der Waals surface area contributed by atoms with Crippen LogP contribution in [0.1, 0.15) is 35.2 Å². The number of hydrogen-bond donors (Lipinski definition) is 1. The maximum Gasteiger partial charge on any atom is 0.183 e. The highest BCUT2D eigenvalue weighted by Gasteiger charge is 2.14. The van der Waals surface area contributed by atoms with E-state index in [0.29, 0.717) is 0 Å². The van der Waals surface area contributed by atoms with E-state index in [9.17, 15) is 0 Å². The Hall–Kier alpha value is -3.18. The minimum absolute atomic E-state index is 0.166. The van der Waals surface area contributed by atoms with Crippen LogP contribution in [0.4, 0.5) is 5.13 Å². The predicted molar refractivity (Wildman–Crippen MR) is 125 cm³/mol. The maximum absolute atomic E-state index is 6.06. The van der Waals surface area contributed by atoms with Crippen molar-refractivity contribution in [2.45, 2.75) is 33.7 Å². The molecule has 5 heteroatoms. The number of ether oxygens (including phenoxy) is 1. The Morgan fingerprint density at radius 1 is 0.900 bits per heavy atom. The molecule has 0 fully saturated rings. The van der Waals surface area contributed by atoms with Crippen molar-refractivity contribution in [3.63, 3.8) is 0 Å². The van der Waals surface area contributed by atoms with Gasteiger partial charge in [-0.3, -0.25) is 4.98 Å². The van der Waals surface area contributed by atoms with E-state index in [-0.39, 0.29) is 6.04 Å². The molecule has 0 amide bonds. The summed E-state index contributed by atoms with van der Waals surface area (Å²) in [5.74, 6) is 1.69. The molecule has 2 aromatic heterocycles. The van der Waals surface area contributed by atoms with E-state index in [0.717, 1.165) is 39.0 Å². The average molecular weight is 416 g/mol. The molecule has 0 saturated heterocycles. The summed E-state index contributed by atoms with van der Waals surface area (Å²) < 4.78 is 6.06. The number of aromatic nitrogens is 2. The van der Waals surface area contributed by atoms with Crippen LogP contribution in [0.2, 0.25) is 0 Å². The number of nitrogens with zero attached hydrogens (tertiary/aromatic N) is 2. The number of pyridine rings is 1. The summed E-state index contributed by atoms with van der Waals surface area (Å²) in [5.41, 5.74) is 6.85. The number of nitrogens with one attached hydrogen (secondary N) is 1. The van der Waals surface area contributed by atoms with Crippen molar-refractivity contribution in [3.05, 3.63) is 88.6 Å². The van der Waals surface area contributed by atoms with Gasteiger partial charge in [-0.05, 0) is 80.8 Å². The van der Waals surface area contributed by atoms with Gasteiger partial charge < -0.3 is 10.1 Å². The molecule has 0 spiro atoms. The predicted octanol–water partition coefficient (Wildman–Crippen LogP) is 7.10. The fourth-order valence-corrected chi connectivity index (χ4v) is 4.29. The Labute approximate surface area is 181 Å². The zero-order chi connectivity index (χ0) is 21.1. The number of rotatable bonds is 6. The second kappa shape index (κ2) is 8.67. The van der Waals surface area contributed by atoms with Crippen LogP contribution in [-0.4, -0.2) is 9.97 Å². The van der Waals surface area contributed by atoms with Gasteiger partial charge >= 0.3 is 0 Å². The third-order valence-electron chi connectivity index (χ3n) is 5.07. The van der Waals surface area contributed by atoms with E-state index < -0.39 is 0 Å². The van der Waals surface area contributed by atoms with Gasteiger partial charge in [0.2, 0.25) is 0 Å². The second-order valence-electron chi connectivity index (χ2n) is 7.53. The highest BCUT2D eigenvalue weighted by atomic mass is 32.1. The Morgan fingerprint density at radius 3 is 2.23 bits per heavy atom. The normalized spacial score (nSPS) is 11.9. The SMILES string of the molecule is Cc1ccc(Oc2cc(C)c(-c3csc(NC(C)c4ccncc4)n3)c(C)c2)cc1. The average Bonchev–Trinajstić information content (AvgIpc) is 3.18. The number of anilines is 1. The van der Waals surface area contributed by atoms with Crippen molar-refractivity contribution < 1.29 is 4.74 Å².